The lowest BCUT2D eigenvalue weighted by atomic mass is 10.2. The number of hydrogen-bond acceptors (Lipinski definition) is 4. The average molecular weight is 332 g/mol. The van der Waals surface area contributed by atoms with Crippen LogP contribution in [0.1, 0.15) is 10.4 Å². The summed E-state index contributed by atoms with van der Waals surface area (Å²) >= 11 is 7.55. The minimum Gasteiger partial charge on any atom is -0.378 e. The Morgan fingerprint density at radius 3 is 2.59 bits per heavy atom. The first-order chi connectivity index (χ1) is 10.6. The molecule has 0 aliphatic carbocycles. The van der Waals surface area contributed by atoms with Crippen molar-refractivity contribution >= 4 is 50.4 Å². The molecule has 22 heavy (non-hydrogen) atoms. The lowest BCUT2D eigenvalue weighted by Gasteiger charge is -2.12. The van der Waals surface area contributed by atoms with Crippen molar-refractivity contribution in [2.24, 2.45) is 0 Å². The highest BCUT2D eigenvalue weighted by molar-refractivity contribution is 7.17. The van der Waals surface area contributed by atoms with E-state index in [1.165, 1.54) is 11.3 Å². The highest BCUT2D eigenvalue weighted by atomic mass is 35.5. The highest BCUT2D eigenvalue weighted by Gasteiger charge is 2.12. The number of hydrogen-bond donors (Lipinski definition) is 1. The van der Waals surface area contributed by atoms with E-state index in [0.717, 1.165) is 16.1 Å². The third-order valence-corrected chi connectivity index (χ3v) is 4.49. The van der Waals surface area contributed by atoms with Gasteiger partial charge in [-0.05, 0) is 36.4 Å². The van der Waals surface area contributed by atoms with Crippen LogP contribution in [0.3, 0.4) is 0 Å². The maximum Gasteiger partial charge on any atom is 0.255 e. The molecule has 1 N–H and O–H groups in total. The zero-order chi connectivity index (χ0) is 15.7. The molecule has 1 amide bonds. The molecule has 0 bridgehead atoms. The molecule has 1 aromatic heterocycles. The predicted molar refractivity (Wildman–Crippen MR) is 93.4 cm³/mol. The summed E-state index contributed by atoms with van der Waals surface area (Å²) in [7, 11) is 3.92. The van der Waals surface area contributed by atoms with Crippen LogP contribution >= 0.6 is 22.9 Å². The number of aromatic nitrogens is 1. The Hall–Kier alpha value is -2.11. The number of nitrogens with one attached hydrogen (secondary N) is 1. The maximum atomic E-state index is 12.4. The first-order valence-electron chi connectivity index (χ1n) is 6.66. The molecule has 0 saturated carbocycles. The summed E-state index contributed by atoms with van der Waals surface area (Å²) < 4.78 is 0.880. The van der Waals surface area contributed by atoms with Gasteiger partial charge in [0.05, 0.1) is 20.9 Å². The second kappa shape index (κ2) is 5.94. The summed E-state index contributed by atoms with van der Waals surface area (Å²) in [6.07, 6.45) is 0. The lowest BCUT2D eigenvalue weighted by Crippen LogP contribution is -2.13. The van der Waals surface area contributed by atoms with Gasteiger partial charge in [-0.3, -0.25) is 4.79 Å². The quantitative estimate of drug-likeness (QED) is 0.779. The zero-order valence-electron chi connectivity index (χ0n) is 12.1. The molecule has 0 saturated heterocycles. The van der Waals surface area contributed by atoms with Crippen molar-refractivity contribution in [1.29, 1.82) is 0 Å². The summed E-state index contributed by atoms with van der Waals surface area (Å²) in [5.41, 5.74) is 4.82. The van der Waals surface area contributed by atoms with Crippen molar-refractivity contribution in [3.05, 3.63) is 52.5 Å². The van der Waals surface area contributed by atoms with Crippen LogP contribution in [0.4, 0.5) is 11.4 Å². The van der Waals surface area contributed by atoms with Crippen LogP contribution in [0.5, 0.6) is 0 Å². The maximum absolute atomic E-state index is 12.4. The van der Waals surface area contributed by atoms with Crippen LogP contribution < -0.4 is 10.2 Å². The Morgan fingerprint density at radius 2 is 1.91 bits per heavy atom. The molecule has 4 nitrogen and oxygen atoms in total. The van der Waals surface area contributed by atoms with Crippen LogP contribution in [-0.2, 0) is 0 Å². The fourth-order valence-corrected chi connectivity index (χ4v) is 3.17. The molecular formula is C16H14ClN3OS. The summed E-state index contributed by atoms with van der Waals surface area (Å²) in [6, 6.07) is 11.0. The van der Waals surface area contributed by atoms with Crippen molar-refractivity contribution in [1.82, 2.24) is 4.98 Å². The topological polar surface area (TPSA) is 45.2 Å². The third kappa shape index (κ3) is 2.77. The van der Waals surface area contributed by atoms with E-state index < -0.39 is 0 Å². The molecular weight excluding hydrogens is 318 g/mol. The van der Waals surface area contributed by atoms with Crippen LogP contribution in [-0.4, -0.2) is 25.0 Å². The van der Waals surface area contributed by atoms with Crippen LogP contribution in [0.2, 0.25) is 5.02 Å². The number of rotatable bonds is 3. The highest BCUT2D eigenvalue weighted by Crippen LogP contribution is 2.32. The predicted octanol–water partition coefficient (Wildman–Crippen LogP) is 4.27. The number of carbonyl (C=O) groups is 1. The van der Waals surface area contributed by atoms with E-state index in [2.05, 4.69) is 10.3 Å². The first-order valence-corrected chi connectivity index (χ1v) is 7.92. The number of halogens is 1. The minimum absolute atomic E-state index is 0.151. The SMILES string of the molecule is CN(C)c1ccc(C(=O)Nc2ccc(Cl)c3ncsc23)cc1. The van der Waals surface area contributed by atoms with E-state index in [9.17, 15) is 4.79 Å². The average Bonchev–Trinajstić information content (AvgIpc) is 3.01. The van der Waals surface area contributed by atoms with Crippen molar-refractivity contribution in [2.75, 3.05) is 24.3 Å². The van der Waals surface area contributed by atoms with Gasteiger partial charge in [-0.2, -0.15) is 0 Å². The van der Waals surface area contributed by atoms with Gasteiger partial charge in [0.15, 0.2) is 0 Å². The van der Waals surface area contributed by atoms with E-state index in [4.69, 9.17) is 11.6 Å². The number of anilines is 2. The smallest absolute Gasteiger partial charge is 0.255 e. The second-order valence-corrected chi connectivity index (χ2v) is 6.28. The van der Waals surface area contributed by atoms with Crippen LogP contribution in [0.15, 0.2) is 41.9 Å². The van der Waals surface area contributed by atoms with E-state index in [0.29, 0.717) is 16.1 Å². The summed E-state index contributed by atoms with van der Waals surface area (Å²) in [5.74, 6) is -0.151. The Balaban J connectivity index is 1.87. The fraction of sp³-hybridized carbons (Fsp3) is 0.125. The second-order valence-electron chi connectivity index (χ2n) is 5.02. The van der Waals surface area contributed by atoms with Crippen LogP contribution in [0, 0.1) is 0 Å². The van der Waals surface area contributed by atoms with Gasteiger partial charge < -0.3 is 10.2 Å². The fourth-order valence-electron chi connectivity index (χ4n) is 2.12. The van der Waals surface area contributed by atoms with Gasteiger partial charge in [0.2, 0.25) is 0 Å². The molecule has 1 heterocycles. The van der Waals surface area contributed by atoms with Crippen molar-refractivity contribution in [3.8, 4) is 0 Å². The molecule has 0 aliphatic rings. The molecule has 0 aliphatic heterocycles. The standard InChI is InChI=1S/C16H14ClN3OS/c1-20(2)11-5-3-10(4-6-11)16(21)19-13-8-7-12(17)14-15(13)22-9-18-14/h3-9H,1-2H3,(H,19,21). The van der Waals surface area contributed by atoms with Crippen molar-refractivity contribution in [3.63, 3.8) is 0 Å². The molecule has 0 spiro atoms. The van der Waals surface area contributed by atoms with Gasteiger partial charge in [-0.1, -0.05) is 11.6 Å². The summed E-state index contributed by atoms with van der Waals surface area (Å²) in [6.45, 7) is 0. The lowest BCUT2D eigenvalue weighted by molar-refractivity contribution is 0.102. The van der Waals surface area contributed by atoms with Crippen LogP contribution in [0.25, 0.3) is 10.2 Å². The molecule has 0 atom stereocenters. The number of amides is 1. The van der Waals surface area contributed by atoms with E-state index in [-0.39, 0.29) is 5.91 Å². The third-order valence-electron chi connectivity index (χ3n) is 3.33. The van der Waals surface area contributed by atoms with Gasteiger partial charge >= 0.3 is 0 Å². The Labute approximate surface area is 137 Å². The number of benzene rings is 2. The molecule has 3 aromatic rings. The normalized spacial score (nSPS) is 10.7. The van der Waals surface area contributed by atoms with Gasteiger partial charge in [0.1, 0.15) is 5.52 Å². The van der Waals surface area contributed by atoms with E-state index >= 15 is 0 Å². The molecule has 112 valence electrons. The zero-order valence-corrected chi connectivity index (χ0v) is 13.7. The molecule has 2 aromatic carbocycles. The van der Waals surface area contributed by atoms with Crippen molar-refractivity contribution < 1.29 is 4.79 Å². The molecule has 6 heteroatoms. The molecule has 0 fully saturated rings. The number of fused-ring (bicyclic) bond motifs is 1. The number of nitrogens with zero attached hydrogens (tertiary/aromatic N) is 2. The molecule has 0 radical (unpaired) electrons. The first kappa shape index (κ1) is 14.8. The monoisotopic (exact) mass is 331 g/mol. The molecule has 3 rings (SSSR count). The number of thiazole rings is 1. The molecule has 0 unspecified atom stereocenters. The minimum atomic E-state index is -0.151. The van der Waals surface area contributed by atoms with Gasteiger partial charge in [0.25, 0.3) is 5.91 Å². The van der Waals surface area contributed by atoms with E-state index in [1.807, 2.05) is 43.3 Å². The van der Waals surface area contributed by atoms with E-state index in [1.54, 1.807) is 17.6 Å². The van der Waals surface area contributed by atoms with Gasteiger partial charge in [-0.25, -0.2) is 4.98 Å². The van der Waals surface area contributed by atoms with Gasteiger partial charge in [-0.15, -0.1) is 11.3 Å². The Bertz CT molecular complexity index is 827. The Kier molecular flexibility index (Phi) is 4.00. The number of carbonyl (C=O) groups excluding carboxylic acids is 1. The van der Waals surface area contributed by atoms with Gasteiger partial charge in [0, 0.05) is 25.3 Å². The summed E-state index contributed by atoms with van der Waals surface area (Å²) in [4.78, 5) is 18.6. The largest absolute Gasteiger partial charge is 0.378 e. The summed E-state index contributed by atoms with van der Waals surface area (Å²) in [5, 5.41) is 3.51. The van der Waals surface area contributed by atoms with Crippen molar-refractivity contribution in [2.45, 2.75) is 0 Å². The Morgan fingerprint density at radius 1 is 1.18 bits per heavy atom.